The van der Waals surface area contributed by atoms with Crippen molar-refractivity contribution in [1.82, 2.24) is 9.97 Å². The van der Waals surface area contributed by atoms with Crippen LogP contribution in [0.15, 0.2) is 30.3 Å². The molecule has 3 aromatic rings. The Morgan fingerprint density at radius 1 is 1.17 bits per heavy atom. The average Bonchev–Trinajstić information content (AvgIpc) is 3.08. The van der Waals surface area contributed by atoms with Crippen molar-refractivity contribution in [1.29, 1.82) is 0 Å². The molecule has 1 unspecified atom stereocenters. The molecular weight excluding hydrogens is 382 g/mol. The van der Waals surface area contributed by atoms with E-state index < -0.39 is 0 Å². The van der Waals surface area contributed by atoms with E-state index in [0.717, 1.165) is 45.2 Å². The van der Waals surface area contributed by atoms with Gasteiger partial charge in [-0.1, -0.05) is 19.9 Å². The van der Waals surface area contributed by atoms with Crippen molar-refractivity contribution in [3.8, 4) is 10.6 Å². The number of pyridine rings is 1. The third-order valence-electron chi connectivity index (χ3n) is 5.06. The highest BCUT2D eigenvalue weighted by Gasteiger charge is 2.22. The fourth-order valence-corrected chi connectivity index (χ4v) is 4.87. The first-order valence-electron chi connectivity index (χ1n) is 9.80. The predicted molar refractivity (Wildman–Crippen MR) is 119 cm³/mol. The summed E-state index contributed by atoms with van der Waals surface area (Å²) in [5, 5.41) is 1.06. The zero-order valence-electron chi connectivity index (χ0n) is 17.6. The molecule has 1 aromatic carbocycles. The molecule has 0 saturated carbocycles. The minimum absolute atomic E-state index is 0.163. The number of ether oxygens (including phenoxy) is 1. The standard InChI is InChI=1S/C23H27N3O2S/c1-6-15-12-16(23(27)28-5)8-9-18(15)17(7-2)22-25-14(4)21(29-22)19-10-13(3)11-20(24)26-19/h8-12,17H,6-7H2,1-5H3,(H2,24,26). The van der Waals surface area contributed by atoms with E-state index in [9.17, 15) is 4.79 Å². The summed E-state index contributed by atoms with van der Waals surface area (Å²) in [6.07, 6.45) is 1.75. The van der Waals surface area contributed by atoms with Crippen molar-refractivity contribution < 1.29 is 9.53 Å². The molecule has 152 valence electrons. The second kappa shape index (κ2) is 8.74. The van der Waals surface area contributed by atoms with Gasteiger partial charge in [0.2, 0.25) is 0 Å². The zero-order chi connectivity index (χ0) is 21.1. The van der Waals surface area contributed by atoms with Crippen LogP contribution in [0.25, 0.3) is 10.6 Å². The minimum atomic E-state index is -0.310. The molecule has 0 saturated heterocycles. The quantitative estimate of drug-likeness (QED) is 0.559. The molecule has 1 atom stereocenters. The predicted octanol–water partition coefficient (Wildman–Crippen LogP) is 5.30. The van der Waals surface area contributed by atoms with Gasteiger partial charge in [0.15, 0.2) is 0 Å². The highest BCUT2D eigenvalue weighted by atomic mass is 32.1. The van der Waals surface area contributed by atoms with Crippen LogP contribution in [0.2, 0.25) is 0 Å². The van der Waals surface area contributed by atoms with Gasteiger partial charge in [-0.2, -0.15) is 0 Å². The van der Waals surface area contributed by atoms with Crippen LogP contribution in [0.1, 0.15) is 63.9 Å². The first-order chi connectivity index (χ1) is 13.9. The van der Waals surface area contributed by atoms with Gasteiger partial charge >= 0.3 is 5.97 Å². The van der Waals surface area contributed by atoms with Crippen LogP contribution in [-0.4, -0.2) is 23.0 Å². The summed E-state index contributed by atoms with van der Waals surface area (Å²) in [5.41, 5.74) is 11.8. The van der Waals surface area contributed by atoms with E-state index in [-0.39, 0.29) is 11.9 Å². The van der Waals surface area contributed by atoms with Gasteiger partial charge in [-0.25, -0.2) is 14.8 Å². The molecule has 2 heterocycles. The second-order valence-corrected chi connectivity index (χ2v) is 8.17. The van der Waals surface area contributed by atoms with Gasteiger partial charge in [0.1, 0.15) is 10.8 Å². The van der Waals surface area contributed by atoms with Gasteiger partial charge in [-0.15, -0.1) is 11.3 Å². The molecule has 0 aliphatic heterocycles. The highest BCUT2D eigenvalue weighted by molar-refractivity contribution is 7.15. The molecule has 2 N–H and O–H groups in total. The number of thiazole rings is 1. The van der Waals surface area contributed by atoms with Crippen LogP contribution in [0.5, 0.6) is 0 Å². The number of carbonyl (C=O) groups is 1. The number of aromatic nitrogens is 2. The summed E-state index contributed by atoms with van der Waals surface area (Å²) >= 11 is 1.67. The van der Waals surface area contributed by atoms with E-state index in [0.29, 0.717) is 11.4 Å². The van der Waals surface area contributed by atoms with E-state index in [1.807, 2.05) is 44.2 Å². The molecule has 0 bridgehead atoms. The summed E-state index contributed by atoms with van der Waals surface area (Å²) in [7, 11) is 1.41. The van der Waals surface area contributed by atoms with Crippen molar-refractivity contribution in [2.45, 2.75) is 46.5 Å². The Labute approximate surface area is 176 Å². The Morgan fingerprint density at radius 2 is 1.93 bits per heavy atom. The number of nitrogens with zero attached hydrogens (tertiary/aromatic N) is 2. The van der Waals surface area contributed by atoms with E-state index in [1.165, 1.54) is 12.7 Å². The number of rotatable bonds is 6. The lowest BCUT2D eigenvalue weighted by Gasteiger charge is -2.17. The smallest absolute Gasteiger partial charge is 0.337 e. The van der Waals surface area contributed by atoms with Crippen LogP contribution in [0.4, 0.5) is 5.82 Å². The summed E-state index contributed by atoms with van der Waals surface area (Å²) in [4.78, 5) is 22.4. The van der Waals surface area contributed by atoms with Gasteiger partial charge in [0.25, 0.3) is 0 Å². The van der Waals surface area contributed by atoms with Gasteiger partial charge in [-0.3, -0.25) is 0 Å². The monoisotopic (exact) mass is 409 g/mol. The lowest BCUT2D eigenvalue weighted by Crippen LogP contribution is -2.07. The number of anilines is 1. The fraction of sp³-hybridized carbons (Fsp3) is 0.348. The van der Waals surface area contributed by atoms with Crippen molar-refractivity contribution in [3.63, 3.8) is 0 Å². The van der Waals surface area contributed by atoms with Crippen LogP contribution < -0.4 is 5.73 Å². The van der Waals surface area contributed by atoms with E-state index >= 15 is 0 Å². The lowest BCUT2D eigenvalue weighted by molar-refractivity contribution is 0.0600. The molecular formula is C23H27N3O2S. The summed E-state index contributed by atoms with van der Waals surface area (Å²) in [5.74, 6) is 0.374. The Hall–Kier alpha value is -2.73. The number of benzene rings is 1. The topological polar surface area (TPSA) is 78.1 Å². The SMILES string of the molecule is CCc1cc(C(=O)OC)ccc1C(CC)c1nc(C)c(-c2cc(C)cc(N)n2)s1. The molecule has 3 rings (SSSR count). The summed E-state index contributed by atoms with van der Waals surface area (Å²) in [6, 6.07) is 9.73. The van der Waals surface area contributed by atoms with Crippen molar-refractivity contribution in [2.24, 2.45) is 0 Å². The summed E-state index contributed by atoms with van der Waals surface area (Å²) in [6.45, 7) is 8.30. The second-order valence-electron chi connectivity index (χ2n) is 7.14. The van der Waals surface area contributed by atoms with Gasteiger partial charge in [0, 0.05) is 5.92 Å². The van der Waals surface area contributed by atoms with Crippen molar-refractivity contribution >= 4 is 23.1 Å². The largest absolute Gasteiger partial charge is 0.465 e. The van der Waals surface area contributed by atoms with Crippen molar-refractivity contribution in [3.05, 3.63) is 63.3 Å². The van der Waals surface area contributed by atoms with Crippen LogP contribution in [0, 0.1) is 13.8 Å². The van der Waals surface area contributed by atoms with E-state index in [2.05, 4.69) is 18.8 Å². The summed E-state index contributed by atoms with van der Waals surface area (Å²) < 4.78 is 4.87. The number of nitrogen functional groups attached to an aromatic ring is 1. The normalized spacial score (nSPS) is 12.0. The minimum Gasteiger partial charge on any atom is -0.465 e. The third-order valence-corrected chi connectivity index (χ3v) is 6.36. The Balaban J connectivity index is 2.04. The average molecular weight is 410 g/mol. The first-order valence-corrected chi connectivity index (χ1v) is 10.6. The Bertz CT molecular complexity index is 1020. The third kappa shape index (κ3) is 4.32. The molecule has 6 heteroatoms. The van der Waals surface area contributed by atoms with Crippen LogP contribution >= 0.6 is 11.3 Å². The number of methoxy groups -OCH3 is 1. The molecule has 0 radical (unpaired) electrons. The number of esters is 1. The Morgan fingerprint density at radius 3 is 2.55 bits per heavy atom. The fourth-order valence-electron chi connectivity index (χ4n) is 3.64. The zero-order valence-corrected chi connectivity index (χ0v) is 18.4. The molecule has 2 aromatic heterocycles. The first kappa shape index (κ1) is 21.0. The molecule has 29 heavy (non-hydrogen) atoms. The molecule has 0 amide bonds. The molecule has 0 aliphatic rings. The maximum atomic E-state index is 11.9. The van der Waals surface area contributed by atoms with Crippen molar-refractivity contribution in [2.75, 3.05) is 12.8 Å². The maximum absolute atomic E-state index is 11.9. The van der Waals surface area contributed by atoms with Gasteiger partial charge in [0.05, 0.1) is 28.9 Å². The van der Waals surface area contributed by atoms with Crippen LogP contribution in [-0.2, 0) is 11.2 Å². The van der Waals surface area contributed by atoms with Gasteiger partial charge in [-0.05, 0) is 67.6 Å². The number of nitrogens with two attached hydrogens (primary N) is 1. The molecule has 0 aliphatic carbocycles. The highest BCUT2D eigenvalue weighted by Crippen LogP contribution is 2.38. The number of aryl methyl sites for hydroxylation is 3. The van der Waals surface area contributed by atoms with Gasteiger partial charge < -0.3 is 10.5 Å². The van der Waals surface area contributed by atoms with E-state index in [4.69, 9.17) is 15.5 Å². The number of hydrogen-bond donors (Lipinski definition) is 1. The molecule has 0 spiro atoms. The molecule has 5 nitrogen and oxygen atoms in total. The molecule has 0 fully saturated rings. The Kier molecular flexibility index (Phi) is 6.33. The lowest BCUT2D eigenvalue weighted by atomic mass is 9.90. The maximum Gasteiger partial charge on any atom is 0.337 e. The number of hydrogen-bond acceptors (Lipinski definition) is 6. The van der Waals surface area contributed by atoms with E-state index in [1.54, 1.807) is 11.3 Å². The number of carbonyl (C=O) groups excluding carboxylic acids is 1. The van der Waals surface area contributed by atoms with Crippen LogP contribution in [0.3, 0.4) is 0 Å².